The molecule has 0 unspecified atom stereocenters. The largest absolute Gasteiger partial charge is 0.324 e. The quantitative estimate of drug-likeness (QED) is 0.803. The molecular formula is C19H15N3O. The molecule has 1 aliphatic carbocycles. The highest BCUT2D eigenvalue weighted by molar-refractivity contribution is 5.91. The van der Waals surface area contributed by atoms with Gasteiger partial charge in [0, 0.05) is 30.3 Å². The average molecular weight is 301 g/mol. The van der Waals surface area contributed by atoms with Gasteiger partial charge in [0.15, 0.2) is 0 Å². The number of hydrogen-bond acceptors (Lipinski definition) is 4. The number of fused-ring (bicyclic) bond motifs is 1. The molecule has 0 spiro atoms. The van der Waals surface area contributed by atoms with Crippen LogP contribution >= 0.6 is 0 Å². The summed E-state index contributed by atoms with van der Waals surface area (Å²) in [6.07, 6.45) is 2.77. The topological polar surface area (TPSA) is 54.9 Å². The molecule has 4 rings (SSSR count). The summed E-state index contributed by atoms with van der Waals surface area (Å²) >= 11 is 0. The molecule has 3 aromatic rings. The van der Waals surface area contributed by atoms with Gasteiger partial charge in [-0.1, -0.05) is 36.4 Å². The molecule has 4 nitrogen and oxygen atoms in total. The third-order valence-corrected chi connectivity index (χ3v) is 4.00. The fraction of sp³-hybridized carbons (Fsp3) is 0.105. The summed E-state index contributed by atoms with van der Waals surface area (Å²) in [6, 6.07) is 17.7. The van der Waals surface area contributed by atoms with Crippen molar-refractivity contribution in [2.24, 2.45) is 0 Å². The van der Waals surface area contributed by atoms with Gasteiger partial charge in [-0.05, 0) is 29.3 Å². The normalized spacial score (nSPS) is 13.0. The standard InChI is InChI=1S/C19H15N3O/c23-15-11-13-5-4-8-16(17(13)12-15)18-9-10-20-19(22-18)21-14-6-2-1-3-7-14/h1-10H,11-12H2,(H,20,21,22). The molecule has 23 heavy (non-hydrogen) atoms. The molecule has 0 amide bonds. The maximum atomic E-state index is 11.7. The average Bonchev–Trinajstić information content (AvgIpc) is 2.96. The summed E-state index contributed by atoms with van der Waals surface area (Å²) < 4.78 is 0. The van der Waals surface area contributed by atoms with Crippen LogP contribution in [-0.2, 0) is 17.6 Å². The fourth-order valence-corrected chi connectivity index (χ4v) is 2.94. The predicted octanol–water partition coefficient (Wildman–Crippen LogP) is 3.55. The van der Waals surface area contributed by atoms with Gasteiger partial charge >= 0.3 is 0 Å². The molecule has 0 atom stereocenters. The Balaban J connectivity index is 1.70. The first kappa shape index (κ1) is 13.6. The number of para-hydroxylation sites is 1. The lowest BCUT2D eigenvalue weighted by Gasteiger charge is -2.09. The van der Waals surface area contributed by atoms with Crippen LogP contribution in [0.4, 0.5) is 11.6 Å². The van der Waals surface area contributed by atoms with E-state index in [2.05, 4.69) is 15.3 Å². The number of nitrogens with zero attached hydrogens (tertiary/aromatic N) is 2. The molecular weight excluding hydrogens is 286 g/mol. The second kappa shape index (κ2) is 5.65. The van der Waals surface area contributed by atoms with Crippen LogP contribution in [0.1, 0.15) is 11.1 Å². The van der Waals surface area contributed by atoms with Gasteiger partial charge in [0.2, 0.25) is 5.95 Å². The SMILES string of the molecule is O=C1Cc2cccc(-c3ccnc(Nc4ccccc4)n3)c2C1. The van der Waals surface area contributed by atoms with Crippen LogP contribution in [0, 0.1) is 0 Å². The van der Waals surface area contributed by atoms with Crippen molar-refractivity contribution < 1.29 is 4.79 Å². The van der Waals surface area contributed by atoms with Crippen molar-refractivity contribution in [2.75, 3.05) is 5.32 Å². The van der Waals surface area contributed by atoms with Crippen LogP contribution in [0.5, 0.6) is 0 Å². The maximum absolute atomic E-state index is 11.7. The van der Waals surface area contributed by atoms with E-state index in [1.807, 2.05) is 54.6 Å². The van der Waals surface area contributed by atoms with Crippen LogP contribution in [0.2, 0.25) is 0 Å². The van der Waals surface area contributed by atoms with Gasteiger partial charge in [-0.3, -0.25) is 4.79 Å². The van der Waals surface area contributed by atoms with Crippen molar-refractivity contribution in [2.45, 2.75) is 12.8 Å². The fourth-order valence-electron chi connectivity index (χ4n) is 2.94. The van der Waals surface area contributed by atoms with Gasteiger partial charge in [0.25, 0.3) is 0 Å². The lowest BCUT2D eigenvalue weighted by atomic mass is 10.0. The van der Waals surface area contributed by atoms with E-state index in [0.29, 0.717) is 18.8 Å². The Morgan fingerprint density at radius 1 is 0.913 bits per heavy atom. The number of Topliss-reactive ketones (excluding diaryl/α,β-unsaturated/α-hetero) is 1. The van der Waals surface area contributed by atoms with Crippen molar-refractivity contribution in [3.05, 3.63) is 71.9 Å². The molecule has 0 aliphatic heterocycles. The first-order chi connectivity index (χ1) is 11.3. The molecule has 1 heterocycles. The molecule has 2 aromatic carbocycles. The second-order valence-electron chi connectivity index (χ2n) is 5.59. The van der Waals surface area contributed by atoms with E-state index in [1.54, 1.807) is 6.20 Å². The highest BCUT2D eigenvalue weighted by Gasteiger charge is 2.22. The molecule has 0 fully saturated rings. The Hall–Kier alpha value is -3.01. The van der Waals surface area contributed by atoms with Crippen LogP contribution in [0.25, 0.3) is 11.3 Å². The summed E-state index contributed by atoms with van der Waals surface area (Å²) in [5, 5.41) is 3.20. The smallest absolute Gasteiger partial charge is 0.227 e. The third-order valence-electron chi connectivity index (χ3n) is 4.00. The maximum Gasteiger partial charge on any atom is 0.227 e. The monoisotopic (exact) mass is 301 g/mol. The molecule has 1 N–H and O–H groups in total. The predicted molar refractivity (Wildman–Crippen MR) is 89.6 cm³/mol. The van der Waals surface area contributed by atoms with Crippen molar-refractivity contribution in [3.63, 3.8) is 0 Å². The van der Waals surface area contributed by atoms with Crippen LogP contribution in [0.15, 0.2) is 60.8 Å². The Bertz CT molecular complexity index is 875. The zero-order chi connectivity index (χ0) is 15.6. The number of carbonyl (C=O) groups is 1. The van der Waals surface area contributed by atoms with E-state index in [4.69, 9.17) is 0 Å². The lowest BCUT2D eigenvalue weighted by molar-refractivity contribution is -0.117. The van der Waals surface area contributed by atoms with E-state index in [-0.39, 0.29) is 5.78 Å². The minimum Gasteiger partial charge on any atom is -0.324 e. The number of carbonyl (C=O) groups excluding carboxylic acids is 1. The number of hydrogen-bond donors (Lipinski definition) is 1. The molecule has 112 valence electrons. The van der Waals surface area contributed by atoms with E-state index in [1.165, 1.54) is 0 Å². The molecule has 1 aliphatic rings. The van der Waals surface area contributed by atoms with Gasteiger partial charge in [-0.25, -0.2) is 9.97 Å². The number of benzene rings is 2. The Morgan fingerprint density at radius 2 is 1.78 bits per heavy atom. The number of aromatic nitrogens is 2. The highest BCUT2D eigenvalue weighted by Crippen LogP contribution is 2.30. The van der Waals surface area contributed by atoms with Crippen molar-refractivity contribution >= 4 is 17.4 Å². The molecule has 4 heteroatoms. The lowest BCUT2D eigenvalue weighted by Crippen LogP contribution is -1.99. The molecule has 0 saturated carbocycles. The summed E-state index contributed by atoms with van der Waals surface area (Å²) in [4.78, 5) is 20.6. The molecule has 0 radical (unpaired) electrons. The first-order valence-corrected chi connectivity index (χ1v) is 7.57. The minimum absolute atomic E-state index is 0.268. The van der Waals surface area contributed by atoms with Crippen molar-refractivity contribution in [3.8, 4) is 11.3 Å². The van der Waals surface area contributed by atoms with Gasteiger partial charge < -0.3 is 5.32 Å². The number of nitrogens with one attached hydrogen (secondary N) is 1. The zero-order valence-corrected chi connectivity index (χ0v) is 12.5. The van der Waals surface area contributed by atoms with Gasteiger partial charge in [0.1, 0.15) is 5.78 Å². The third kappa shape index (κ3) is 2.71. The van der Waals surface area contributed by atoms with Crippen LogP contribution < -0.4 is 5.32 Å². The Morgan fingerprint density at radius 3 is 2.65 bits per heavy atom. The first-order valence-electron chi connectivity index (χ1n) is 7.57. The van der Waals surface area contributed by atoms with Gasteiger partial charge in [0.05, 0.1) is 5.69 Å². The summed E-state index contributed by atoms with van der Waals surface area (Å²) in [6.45, 7) is 0. The molecule has 0 saturated heterocycles. The van der Waals surface area contributed by atoms with Crippen molar-refractivity contribution in [1.82, 2.24) is 9.97 Å². The Labute approximate surface area is 134 Å². The summed E-state index contributed by atoms with van der Waals surface area (Å²) in [5.41, 5.74) is 5.01. The number of ketones is 1. The summed E-state index contributed by atoms with van der Waals surface area (Å²) in [7, 11) is 0. The van der Waals surface area contributed by atoms with E-state index >= 15 is 0 Å². The van der Waals surface area contributed by atoms with Gasteiger partial charge in [-0.15, -0.1) is 0 Å². The zero-order valence-electron chi connectivity index (χ0n) is 12.5. The Kier molecular flexibility index (Phi) is 3.35. The highest BCUT2D eigenvalue weighted by atomic mass is 16.1. The van der Waals surface area contributed by atoms with Crippen molar-refractivity contribution in [1.29, 1.82) is 0 Å². The van der Waals surface area contributed by atoms with Crippen LogP contribution in [-0.4, -0.2) is 15.8 Å². The molecule has 1 aromatic heterocycles. The van der Waals surface area contributed by atoms with E-state index < -0.39 is 0 Å². The van der Waals surface area contributed by atoms with E-state index in [0.717, 1.165) is 28.1 Å². The van der Waals surface area contributed by atoms with Crippen LogP contribution in [0.3, 0.4) is 0 Å². The van der Waals surface area contributed by atoms with E-state index in [9.17, 15) is 4.79 Å². The van der Waals surface area contributed by atoms with Gasteiger partial charge in [-0.2, -0.15) is 0 Å². The minimum atomic E-state index is 0.268. The summed E-state index contributed by atoms with van der Waals surface area (Å²) in [5.74, 6) is 0.819. The molecule has 0 bridgehead atoms. The number of anilines is 2. The second-order valence-corrected chi connectivity index (χ2v) is 5.59. The number of rotatable bonds is 3.